The second kappa shape index (κ2) is 6.54. The van der Waals surface area contributed by atoms with Gasteiger partial charge < -0.3 is 9.80 Å². The molecule has 8 heteroatoms. The van der Waals surface area contributed by atoms with Gasteiger partial charge in [0.1, 0.15) is 18.7 Å². The Bertz CT molecular complexity index is 711. The number of hydrogen-bond donors (Lipinski definition) is 0. The number of carbonyl (C=O) groups excluding carboxylic acids is 1. The monoisotopic (exact) mass is 329 g/mol. The number of nitrogens with zero attached hydrogens (tertiary/aromatic N) is 7. The number of amides is 1. The fourth-order valence-corrected chi connectivity index (χ4v) is 2.98. The maximum Gasteiger partial charge on any atom is 0.248 e. The first-order valence-electron chi connectivity index (χ1n) is 8.13. The van der Waals surface area contributed by atoms with Gasteiger partial charge in [-0.2, -0.15) is 10.2 Å². The molecule has 0 bridgehead atoms. The number of carbonyl (C=O) groups is 1. The third kappa shape index (κ3) is 3.08. The number of rotatable bonds is 4. The molecule has 2 aromatic rings. The van der Waals surface area contributed by atoms with Gasteiger partial charge in [0.2, 0.25) is 5.91 Å². The van der Waals surface area contributed by atoms with Gasteiger partial charge in [-0.05, 0) is 17.5 Å². The van der Waals surface area contributed by atoms with E-state index in [-0.39, 0.29) is 17.9 Å². The van der Waals surface area contributed by atoms with Gasteiger partial charge in [0.05, 0.1) is 5.69 Å². The SMILES string of the molecule is CC(C)[C@H](C(=O)N1CCc2nnc(N(C)C)cc2C1)n1cncn1. The highest BCUT2D eigenvalue weighted by Gasteiger charge is 2.31. The van der Waals surface area contributed by atoms with E-state index in [1.54, 1.807) is 11.0 Å². The van der Waals surface area contributed by atoms with Gasteiger partial charge in [0.25, 0.3) is 0 Å². The van der Waals surface area contributed by atoms with Crippen molar-refractivity contribution in [1.29, 1.82) is 0 Å². The molecule has 0 saturated heterocycles. The molecule has 1 aliphatic heterocycles. The summed E-state index contributed by atoms with van der Waals surface area (Å²) in [6.45, 7) is 5.26. The van der Waals surface area contributed by atoms with Crippen LogP contribution in [0.2, 0.25) is 0 Å². The van der Waals surface area contributed by atoms with E-state index in [1.807, 2.05) is 43.8 Å². The first kappa shape index (κ1) is 16.4. The molecule has 0 N–H and O–H groups in total. The number of aromatic nitrogens is 5. The molecule has 8 nitrogen and oxygen atoms in total. The molecule has 128 valence electrons. The lowest BCUT2D eigenvalue weighted by atomic mass is 10.0. The fraction of sp³-hybridized carbons (Fsp3) is 0.562. The van der Waals surface area contributed by atoms with E-state index in [2.05, 4.69) is 20.3 Å². The Morgan fingerprint density at radius 2 is 2.08 bits per heavy atom. The van der Waals surface area contributed by atoms with Crippen molar-refractivity contribution >= 4 is 11.7 Å². The van der Waals surface area contributed by atoms with Crippen molar-refractivity contribution in [3.05, 3.63) is 30.0 Å². The summed E-state index contributed by atoms with van der Waals surface area (Å²) in [5, 5.41) is 12.7. The largest absolute Gasteiger partial charge is 0.361 e. The Balaban J connectivity index is 1.83. The zero-order chi connectivity index (χ0) is 17.3. The van der Waals surface area contributed by atoms with Gasteiger partial charge in [-0.1, -0.05) is 13.8 Å². The Morgan fingerprint density at radius 3 is 2.71 bits per heavy atom. The Hall–Kier alpha value is -2.51. The maximum atomic E-state index is 13.1. The fourth-order valence-electron chi connectivity index (χ4n) is 2.98. The third-order valence-electron chi connectivity index (χ3n) is 4.30. The molecule has 24 heavy (non-hydrogen) atoms. The van der Waals surface area contributed by atoms with Crippen LogP contribution in [0.1, 0.15) is 31.1 Å². The van der Waals surface area contributed by atoms with E-state index in [9.17, 15) is 4.79 Å². The first-order valence-corrected chi connectivity index (χ1v) is 8.13. The van der Waals surface area contributed by atoms with E-state index >= 15 is 0 Å². The lowest BCUT2D eigenvalue weighted by molar-refractivity contribution is -0.137. The molecule has 0 fully saturated rings. The van der Waals surface area contributed by atoms with Crippen molar-refractivity contribution in [2.24, 2.45) is 5.92 Å². The highest BCUT2D eigenvalue weighted by atomic mass is 16.2. The minimum absolute atomic E-state index is 0.0735. The van der Waals surface area contributed by atoms with E-state index in [0.29, 0.717) is 13.1 Å². The van der Waals surface area contributed by atoms with Crippen molar-refractivity contribution in [2.75, 3.05) is 25.5 Å². The van der Waals surface area contributed by atoms with Crippen LogP contribution in [0.15, 0.2) is 18.7 Å². The summed E-state index contributed by atoms with van der Waals surface area (Å²) < 4.78 is 1.65. The third-order valence-corrected chi connectivity index (χ3v) is 4.30. The highest BCUT2D eigenvalue weighted by molar-refractivity contribution is 5.81. The summed E-state index contributed by atoms with van der Waals surface area (Å²) in [5.74, 6) is 1.01. The lowest BCUT2D eigenvalue weighted by Crippen LogP contribution is -2.42. The van der Waals surface area contributed by atoms with Crippen LogP contribution in [0.5, 0.6) is 0 Å². The molecule has 0 aromatic carbocycles. The maximum absolute atomic E-state index is 13.1. The topological polar surface area (TPSA) is 80.0 Å². The van der Waals surface area contributed by atoms with Crippen LogP contribution in [0.25, 0.3) is 0 Å². The van der Waals surface area contributed by atoms with Crippen LogP contribution >= 0.6 is 0 Å². The zero-order valence-electron chi connectivity index (χ0n) is 14.5. The molecular weight excluding hydrogens is 306 g/mol. The van der Waals surface area contributed by atoms with Crippen LogP contribution in [-0.4, -0.2) is 56.4 Å². The summed E-state index contributed by atoms with van der Waals surface area (Å²) >= 11 is 0. The summed E-state index contributed by atoms with van der Waals surface area (Å²) in [4.78, 5) is 20.8. The Morgan fingerprint density at radius 1 is 1.29 bits per heavy atom. The van der Waals surface area contributed by atoms with Crippen LogP contribution in [0.4, 0.5) is 5.82 Å². The normalized spacial score (nSPS) is 15.3. The standard InChI is InChI=1S/C16H23N7O/c1-11(2)15(23-10-17-9-18-23)16(24)22-6-5-13-12(8-22)7-14(20-19-13)21(3)4/h7,9-11,15H,5-6,8H2,1-4H3/t15-/m1/s1. The predicted octanol–water partition coefficient (Wildman–Crippen LogP) is 0.916. The molecule has 2 aromatic heterocycles. The molecule has 1 aliphatic rings. The molecule has 0 spiro atoms. The summed E-state index contributed by atoms with van der Waals surface area (Å²) in [5.41, 5.74) is 2.04. The average molecular weight is 329 g/mol. The van der Waals surface area contributed by atoms with Crippen molar-refractivity contribution in [1.82, 2.24) is 29.9 Å². The van der Waals surface area contributed by atoms with Crippen LogP contribution in [-0.2, 0) is 17.8 Å². The Labute approximate surface area is 141 Å². The van der Waals surface area contributed by atoms with Crippen molar-refractivity contribution in [3.8, 4) is 0 Å². The summed E-state index contributed by atoms with van der Waals surface area (Å²) in [7, 11) is 3.86. The molecular formula is C16H23N7O. The van der Waals surface area contributed by atoms with Gasteiger partial charge in [0, 0.05) is 33.6 Å². The average Bonchev–Trinajstić information content (AvgIpc) is 3.07. The smallest absolute Gasteiger partial charge is 0.248 e. The highest BCUT2D eigenvalue weighted by Crippen LogP contribution is 2.25. The molecule has 1 amide bonds. The predicted molar refractivity (Wildman–Crippen MR) is 89.4 cm³/mol. The van der Waals surface area contributed by atoms with Gasteiger partial charge in [-0.15, -0.1) is 5.10 Å². The first-order chi connectivity index (χ1) is 11.5. The molecule has 3 rings (SSSR count). The second-order valence-corrected chi connectivity index (χ2v) is 6.64. The summed E-state index contributed by atoms with van der Waals surface area (Å²) in [6, 6.07) is 1.68. The van der Waals surface area contributed by atoms with Gasteiger partial charge in [0.15, 0.2) is 5.82 Å². The zero-order valence-corrected chi connectivity index (χ0v) is 14.5. The van der Waals surface area contributed by atoms with E-state index in [1.165, 1.54) is 6.33 Å². The van der Waals surface area contributed by atoms with Crippen molar-refractivity contribution in [2.45, 2.75) is 32.9 Å². The number of fused-ring (bicyclic) bond motifs is 1. The van der Waals surface area contributed by atoms with E-state index < -0.39 is 0 Å². The molecule has 0 unspecified atom stereocenters. The van der Waals surface area contributed by atoms with E-state index in [0.717, 1.165) is 23.5 Å². The Kier molecular flexibility index (Phi) is 4.46. The molecule has 0 aliphatic carbocycles. The van der Waals surface area contributed by atoms with Crippen molar-refractivity contribution < 1.29 is 4.79 Å². The van der Waals surface area contributed by atoms with Crippen molar-refractivity contribution in [3.63, 3.8) is 0 Å². The molecule has 0 radical (unpaired) electrons. The van der Waals surface area contributed by atoms with Crippen LogP contribution < -0.4 is 4.90 Å². The van der Waals surface area contributed by atoms with Gasteiger partial charge in [-0.3, -0.25) is 4.79 Å². The second-order valence-electron chi connectivity index (χ2n) is 6.64. The van der Waals surface area contributed by atoms with Crippen LogP contribution in [0.3, 0.4) is 0 Å². The molecule has 1 atom stereocenters. The summed E-state index contributed by atoms with van der Waals surface area (Å²) in [6.07, 6.45) is 3.80. The minimum Gasteiger partial charge on any atom is -0.361 e. The quantitative estimate of drug-likeness (QED) is 0.830. The van der Waals surface area contributed by atoms with Gasteiger partial charge >= 0.3 is 0 Å². The van der Waals surface area contributed by atoms with Gasteiger partial charge in [-0.25, -0.2) is 9.67 Å². The van der Waals surface area contributed by atoms with E-state index in [4.69, 9.17) is 0 Å². The minimum atomic E-state index is -0.336. The lowest BCUT2D eigenvalue weighted by Gasteiger charge is -2.32. The number of anilines is 1. The molecule has 3 heterocycles. The molecule has 0 saturated carbocycles. The number of hydrogen-bond acceptors (Lipinski definition) is 6. The van der Waals surface area contributed by atoms with Crippen LogP contribution in [0, 0.1) is 5.92 Å².